The third kappa shape index (κ3) is 3.77. The fourth-order valence-electron chi connectivity index (χ4n) is 2.70. The zero-order chi connectivity index (χ0) is 14.7. The van der Waals surface area contributed by atoms with Crippen molar-refractivity contribution in [3.63, 3.8) is 0 Å². The predicted molar refractivity (Wildman–Crippen MR) is 80.1 cm³/mol. The number of rotatable bonds is 7. The van der Waals surface area contributed by atoms with Gasteiger partial charge in [0.25, 0.3) is 0 Å². The molecule has 0 radical (unpaired) electrons. The van der Waals surface area contributed by atoms with Crippen molar-refractivity contribution in [2.45, 2.75) is 52.2 Å². The largest absolute Gasteiger partial charge is 0.480 e. The van der Waals surface area contributed by atoms with Crippen LogP contribution in [0.1, 0.15) is 35.3 Å². The highest BCUT2D eigenvalue weighted by Gasteiger charge is 2.33. The summed E-state index contributed by atoms with van der Waals surface area (Å²) in [4.78, 5) is 18.6. The van der Waals surface area contributed by atoms with E-state index in [4.69, 9.17) is 5.11 Å². The molecule has 0 amide bonds. The minimum atomic E-state index is -0.737. The van der Waals surface area contributed by atoms with E-state index in [9.17, 15) is 4.79 Å². The van der Waals surface area contributed by atoms with Crippen LogP contribution in [0.2, 0.25) is 0 Å². The van der Waals surface area contributed by atoms with Gasteiger partial charge in [-0.25, -0.2) is 4.98 Å². The third-order valence-corrected chi connectivity index (χ3v) is 5.00. The Hall–Kier alpha value is -0.980. The van der Waals surface area contributed by atoms with Gasteiger partial charge in [0.1, 0.15) is 0 Å². The molecule has 0 atom stereocenters. The predicted octanol–water partition coefficient (Wildman–Crippen LogP) is 1.79. The highest BCUT2D eigenvalue weighted by molar-refractivity contribution is 7.11. The summed E-state index contributed by atoms with van der Waals surface area (Å²) in [7, 11) is 0. The first kappa shape index (κ1) is 15.4. The van der Waals surface area contributed by atoms with Crippen molar-refractivity contribution >= 4 is 17.3 Å². The summed E-state index contributed by atoms with van der Waals surface area (Å²) in [6, 6.07) is 0.919. The van der Waals surface area contributed by atoms with Gasteiger partial charge in [0.05, 0.1) is 17.2 Å². The molecule has 0 aromatic carbocycles. The molecule has 0 aliphatic heterocycles. The number of thiazole rings is 1. The summed E-state index contributed by atoms with van der Waals surface area (Å²) in [6.45, 7) is 7.94. The summed E-state index contributed by atoms with van der Waals surface area (Å²) in [6.07, 6.45) is 2.08. The summed E-state index contributed by atoms with van der Waals surface area (Å²) in [5, 5.41) is 13.5. The number of carboxylic acid groups (broad SMARTS) is 1. The Kier molecular flexibility index (Phi) is 5.12. The number of likely N-dealkylation sites (N-methyl/N-ethyl adjacent to an activating group) is 1. The van der Waals surface area contributed by atoms with Crippen molar-refractivity contribution in [1.29, 1.82) is 0 Å². The molecule has 6 heteroatoms. The van der Waals surface area contributed by atoms with E-state index in [1.54, 1.807) is 11.3 Å². The fraction of sp³-hybridized carbons (Fsp3) is 0.714. The van der Waals surface area contributed by atoms with Gasteiger partial charge in [0.15, 0.2) is 0 Å². The SMILES string of the molecule is CCN(CC(=O)O)C1CC(NCc2sc(C)nc2C)C1. The van der Waals surface area contributed by atoms with E-state index >= 15 is 0 Å². The van der Waals surface area contributed by atoms with Gasteiger partial charge < -0.3 is 10.4 Å². The van der Waals surface area contributed by atoms with E-state index < -0.39 is 5.97 Å². The molecule has 0 bridgehead atoms. The maximum Gasteiger partial charge on any atom is 0.317 e. The molecular formula is C14H23N3O2S. The number of aryl methyl sites for hydroxylation is 2. The molecule has 0 saturated heterocycles. The number of carboxylic acids is 1. The number of hydrogen-bond donors (Lipinski definition) is 2. The van der Waals surface area contributed by atoms with Crippen molar-refractivity contribution in [2.24, 2.45) is 0 Å². The quantitative estimate of drug-likeness (QED) is 0.803. The second kappa shape index (κ2) is 6.65. The van der Waals surface area contributed by atoms with E-state index in [1.807, 2.05) is 18.7 Å². The average molecular weight is 297 g/mol. The molecule has 0 unspecified atom stereocenters. The third-order valence-electron chi connectivity index (χ3n) is 3.93. The molecule has 0 spiro atoms. The lowest BCUT2D eigenvalue weighted by atomic mass is 9.85. The lowest BCUT2D eigenvalue weighted by Gasteiger charge is -2.42. The molecule has 1 aliphatic carbocycles. The van der Waals surface area contributed by atoms with Crippen LogP contribution in [-0.4, -0.2) is 46.1 Å². The van der Waals surface area contributed by atoms with E-state index in [1.165, 1.54) is 4.88 Å². The standard InChI is InChI=1S/C14H23N3O2S/c1-4-17(8-14(18)19)12-5-11(6-12)15-7-13-9(2)16-10(3)20-13/h11-12,15H,4-8H2,1-3H3,(H,18,19). The van der Waals surface area contributed by atoms with Crippen LogP contribution < -0.4 is 5.32 Å². The molecule has 112 valence electrons. The molecule has 2 N–H and O–H groups in total. The molecule has 1 saturated carbocycles. The van der Waals surface area contributed by atoms with Crippen LogP contribution >= 0.6 is 11.3 Å². The van der Waals surface area contributed by atoms with Crippen LogP contribution in [0.3, 0.4) is 0 Å². The average Bonchev–Trinajstić information content (AvgIpc) is 2.63. The minimum Gasteiger partial charge on any atom is -0.480 e. The number of nitrogens with one attached hydrogen (secondary N) is 1. The Labute approximate surface area is 124 Å². The van der Waals surface area contributed by atoms with Crippen molar-refractivity contribution in [2.75, 3.05) is 13.1 Å². The number of aliphatic carboxylic acids is 1. The Morgan fingerprint density at radius 2 is 2.20 bits per heavy atom. The molecule has 1 heterocycles. The van der Waals surface area contributed by atoms with Gasteiger partial charge >= 0.3 is 5.97 Å². The van der Waals surface area contributed by atoms with Crippen molar-refractivity contribution < 1.29 is 9.90 Å². The number of hydrogen-bond acceptors (Lipinski definition) is 5. The number of aromatic nitrogens is 1. The molecule has 2 rings (SSSR count). The molecular weight excluding hydrogens is 274 g/mol. The van der Waals surface area contributed by atoms with E-state index in [0.29, 0.717) is 12.1 Å². The van der Waals surface area contributed by atoms with Gasteiger partial charge in [-0.05, 0) is 33.2 Å². The second-order valence-electron chi connectivity index (χ2n) is 5.40. The monoisotopic (exact) mass is 297 g/mol. The van der Waals surface area contributed by atoms with Crippen LogP contribution in [0.5, 0.6) is 0 Å². The summed E-state index contributed by atoms with van der Waals surface area (Å²) in [5.41, 5.74) is 1.12. The summed E-state index contributed by atoms with van der Waals surface area (Å²) >= 11 is 1.75. The zero-order valence-electron chi connectivity index (χ0n) is 12.3. The number of nitrogens with zero attached hydrogens (tertiary/aromatic N) is 2. The summed E-state index contributed by atoms with van der Waals surface area (Å²) in [5.74, 6) is -0.737. The molecule has 1 fully saturated rings. The van der Waals surface area contributed by atoms with Crippen LogP contribution in [0.25, 0.3) is 0 Å². The van der Waals surface area contributed by atoms with Gasteiger partial charge in [-0.1, -0.05) is 6.92 Å². The van der Waals surface area contributed by atoms with Gasteiger partial charge in [0, 0.05) is 23.5 Å². The Balaban J connectivity index is 1.73. The van der Waals surface area contributed by atoms with E-state index in [2.05, 4.69) is 17.2 Å². The molecule has 20 heavy (non-hydrogen) atoms. The van der Waals surface area contributed by atoms with Crippen molar-refractivity contribution in [3.8, 4) is 0 Å². The van der Waals surface area contributed by atoms with Gasteiger partial charge in [-0.2, -0.15) is 0 Å². The van der Waals surface area contributed by atoms with Crippen molar-refractivity contribution in [1.82, 2.24) is 15.2 Å². The molecule has 1 aliphatic rings. The molecule has 5 nitrogen and oxygen atoms in total. The maximum atomic E-state index is 10.8. The minimum absolute atomic E-state index is 0.154. The first-order valence-corrected chi connectivity index (χ1v) is 7.93. The van der Waals surface area contributed by atoms with Crippen LogP contribution in [0.4, 0.5) is 0 Å². The first-order valence-electron chi connectivity index (χ1n) is 7.11. The van der Waals surface area contributed by atoms with Crippen LogP contribution in [-0.2, 0) is 11.3 Å². The highest BCUT2D eigenvalue weighted by atomic mass is 32.1. The number of carbonyl (C=O) groups is 1. The lowest BCUT2D eigenvalue weighted by molar-refractivity contribution is -0.139. The van der Waals surface area contributed by atoms with E-state index in [-0.39, 0.29) is 6.54 Å². The topological polar surface area (TPSA) is 65.5 Å². The molecule has 1 aromatic rings. The first-order chi connectivity index (χ1) is 9.49. The normalized spacial score (nSPS) is 22.0. The Morgan fingerprint density at radius 1 is 1.50 bits per heavy atom. The maximum absolute atomic E-state index is 10.8. The zero-order valence-corrected chi connectivity index (χ0v) is 13.2. The molecule has 1 aromatic heterocycles. The fourth-order valence-corrected chi connectivity index (χ4v) is 3.59. The van der Waals surface area contributed by atoms with Gasteiger partial charge in [0.2, 0.25) is 0 Å². The second-order valence-corrected chi connectivity index (χ2v) is 6.69. The highest BCUT2D eigenvalue weighted by Crippen LogP contribution is 2.26. The van der Waals surface area contributed by atoms with Gasteiger partial charge in [-0.3, -0.25) is 9.69 Å². The smallest absolute Gasteiger partial charge is 0.317 e. The van der Waals surface area contributed by atoms with Crippen LogP contribution in [0, 0.1) is 13.8 Å². The summed E-state index contributed by atoms with van der Waals surface area (Å²) < 4.78 is 0. The lowest BCUT2D eigenvalue weighted by Crippen LogP contribution is -2.53. The van der Waals surface area contributed by atoms with Crippen LogP contribution in [0.15, 0.2) is 0 Å². The Bertz CT molecular complexity index is 469. The van der Waals surface area contributed by atoms with Crippen molar-refractivity contribution in [3.05, 3.63) is 15.6 Å². The Morgan fingerprint density at radius 3 is 2.70 bits per heavy atom. The van der Waals surface area contributed by atoms with Gasteiger partial charge in [-0.15, -0.1) is 11.3 Å². The van der Waals surface area contributed by atoms with E-state index in [0.717, 1.165) is 36.6 Å².